The molecule has 0 atom stereocenters. The Morgan fingerprint density at radius 2 is 1.90 bits per heavy atom. The molecule has 0 aromatic heterocycles. The smallest absolute Gasteiger partial charge is 0.412 e. The lowest BCUT2D eigenvalue weighted by Crippen LogP contribution is -2.27. The first kappa shape index (κ1) is 16.2. The third-order valence-electron chi connectivity index (χ3n) is 2.17. The van der Waals surface area contributed by atoms with E-state index in [0.717, 1.165) is 6.26 Å². The van der Waals surface area contributed by atoms with Crippen LogP contribution in [0.15, 0.2) is 23.1 Å². The summed E-state index contributed by atoms with van der Waals surface area (Å²) in [5, 5.41) is 2.35. The fraction of sp³-hybridized carbons (Fsp3) is 0.385. The fourth-order valence-corrected chi connectivity index (χ4v) is 2.28. The summed E-state index contributed by atoms with van der Waals surface area (Å²) in [4.78, 5) is 22.4. The molecular weight excluding hydrogens is 282 g/mol. The molecule has 1 rings (SSSR count). The maximum absolute atomic E-state index is 11.7. The summed E-state index contributed by atoms with van der Waals surface area (Å²) in [5.74, 6) is 0. The van der Waals surface area contributed by atoms with Crippen LogP contribution in [0.5, 0.6) is 0 Å². The van der Waals surface area contributed by atoms with Gasteiger partial charge in [0.25, 0.3) is 0 Å². The molecule has 0 aliphatic rings. The second-order valence-corrected chi connectivity index (χ2v) is 7.26. The van der Waals surface area contributed by atoms with Gasteiger partial charge in [0.05, 0.1) is 10.6 Å². The highest BCUT2D eigenvalue weighted by Gasteiger charge is 2.20. The number of sulfone groups is 1. The van der Waals surface area contributed by atoms with Crippen molar-refractivity contribution < 1.29 is 22.7 Å². The number of aldehydes is 1. The van der Waals surface area contributed by atoms with E-state index in [1.165, 1.54) is 18.2 Å². The number of amides is 1. The van der Waals surface area contributed by atoms with E-state index in [9.17, 15) is 18.0 Å². The lowest BCUT2D eigenvalue weighted by atomic mass is 10.2. The van der Waals surface area contributed by atoms with Gasteiger partial charge in [-0.15, -0.1) is 0 Å². The summed E-state index contributed by atoms with van der Waals surface area (Å²) in [6, 6.07) is 3.92. The Hall–Kier alpha value is -1.89. The van der Waals surface area contributed by atoms with E-state index < -0.39 is 21.5 Å². The Kier molecular flexibility index (Phi) is 4.54. The predicted molar refractivity (Wildman–Crippen MR) is 74.8 cm³/mol. The molecule has 1 aromatic carbocycles. The first-order valence-corrected chi connectivity index (χ1v) is 7.71. The number of rotatable bonds is 3. The molecule has 0 saturated heterocycles. The maximum Gasteiger partial charge on any atom is 0.412 e. The first-order valence-electron chi connectivity index (χ1n) is 5.82. The van der Waals surface area contributed by atoms with Crippen LogP contribution in [-0.4, -0.2) is 32.7 Å². The van der Waals surface area contributed by atoms with Gasteiger partial charge in [0.15, 0.2) is 9.84 Å². The Morgan fingerprint density at radius 3 is 2.35 bits per heavy atom. The lowest BCUT2D eigenvalue weighted by molar-refractivity contribution is 0.0635. The lowest BCUT2D eigenvalue weighted by Gasteiger charge is -2.20. The Balaban J connectivity index is 3.15. The van der Waals surface area contributed by atoms with Crippen molar-refractivity contribution in [2.75, 3.05) is 11.6 Å². The van der Waals surface area contributed by atoms with E-state index in [4.69, 9.17) is 4.74 Å². The minimum absolute atomic E-state index is 0.0198. The van der Waals surface area contributed by atoms with Crippen LogP contribution >= 0.6 is 0 Å². The molecule has 0 spiro atoms. The quantitative estimate of drug-likeness (QED) is 0.865. The summed E-state index contributed by atoms with van der Waals surface area (Å²) < 4.78 is 28.3. The van der Waals surface area contributed by atoms with Crippen LogP contribution in [0.2, 0.25) is 0 Å². The third kappa shape index (κ3) is 4.65. The minimum Gasteiger partial charge on any atom is -0.444 e. The van der Waals surface area contributed by atoms with Gasteiger partial charge in [0.1, 0.15) is 11.9 Å². The summed E-state index contributed by atoms with van der Waals surface area (Å²) in [6.07, 6.45) is 0.792. The molecule has 20 heavy (non-hydrogen) atoms. The Bertz CT molecular complexity index is 629. The van der Waals surface area contributed by atoms with Crippen LogP contribution in [0, 0.1) is 0 Å². The minimum atomic E-state index is -3.53. The zero-order valence-electron chi connectivity index (χ0n) is 11.8. The molecule has 1 amide bonds. The van der Waals surface area contributed by atoms with Crippen LogP contribution in [0.4, 0.5) is 10.5 Å². The number of anilines is 1. The largest absolute Gasteiger partial charge is 0.444 e. The van der Waals surface area contributed by atoms with Crippen molar-refractivity contribution in [3.05, 3.63) is 23.8 Å². The monoisotopic (exact) mass is 299 g/mol. The van der Waals surface area contributed by atoms with Gasteiger partial charge in [-0.2, -0.15) is 0 Å². The van der Waals surface area contributed by atoms with Crippen molar-refractivity contribution in [1.82, 2.24) is 0 Å². The van der Waals surface area contributed by atoms with Crippen molar-refractivity contribution in [3.63, 3.8) is 0 Å². The SMILES string of the molecule is CC(C)(C)OC(=O)Nc1cc(C=O)ccc1S(C)(=O)=O. The number of ether oxygens (including phenoxy) is 1. The molecule has 0 radical (unpaired) electrons. The molecule has 0 unspecified atom stereocenters. The van der Waals surface area contributed by atoms with Crippen LogP contribution in [-0.2, 0) is 14.6 Å². The van der Waals surface area contributed by atoms with Crippen LogP contribution < -0.4 is 5.32 Å². The van der Waals surface area contributed by atoms with Gasteiger partial charge in [-0.1, -0.05) is 6.07 Å². The van der Waals surface area contributed by atoms with E-state index in [1.807, 2.05) is 0 Å². The number of benzene rings is 1. The van der Waals surface area contributed by atoms with Gasteiger partial charge in [0.2, 0.25) is 0 Å². The molecule has 0 heterocycles. The van der Waals surface area contributed by atoms with Gasteiger partial charge >= 0.3 is 6.09 Å². The summed E-state index contributed by atoms with van der Waals surface area (Å²) >= 11 is 0. The molecule has 1 aromatic rings. The number of hydrogen-bond donors (Lipinski definition) is 1. The Morgan fingerprint density at radius 1 is 1.30 bits per heavy atom. The van der Waals surface area contributed by atoms with Gasteiger partial charge < -0.3 is 4.74 Å². The Labute approximate surface area is 118 Å². The summed E-state index contributed by atoms with van der Waals surface area (Å²) in [6.45, 7) is 5.06. The van der Waals surface area contributed by atoms with Gasteiger partial charge in [-0.25, -0.2) is 13.2 Å². The van der Waals surface area contributed by atoms with Crippen LogP contribution in [0.3, 0.4) is 0 Å². The highest BCUT2D eigenvalue weighted by molar-refractivity contribution is 7.90. The summed E-state index contributed by atoms with van der Waals surface area (Å²) in [5.41, 5.74) is -0.438. The molecule has 0 aliphatic heterocycles. The molecule has 0 bridgehead atoms. The van der Waals surface area contributed by atoms with Crippen molar-refractivity contribution in [2.45, 2.75) is 31.3 Å². The van der Waals surface area contributed by atoms with Crippen molar-refractivity contribution in [1.29, 1.82) is 0 Å². The van der Waals surface area contributed by atoms with Crippen molar-refractivity contribution in [3.8, 4) is 0 Å². The first-order chi connectivity index (χ1) is 9.03. The molecule has 1 N–H and O–H groups in total. The van der Waals surface area contributed by atoms with E-state index in [0.29, 0.717) is 6.29 Å². The second kappa shape index (κ2) is 5.62. The molecule has 0 fully saturated rings. The van der Waals surface area contributed by atoms with Gasteiger partial charge in [0, 0.05) is 11.8 Å². The molecule has 0 saturated carbocycles. The van der Waals surface area contributed by atoms with Crippen molar-refractivity contribution >= 4 is 27.9 Å². The zero-order valence-corrected chi connectivity index (χ0v) is 12.6. The number of hydrogen-bond acceptors (Lipinski definition) is 5. The van der Waals surface area contributed by atoms with E-state index in [2.05, 4.69) is 5.32 Å². The van der Waals surface area contributed by atoms with E-state index in [1.54, 1.807) is 20.8 Å². The number of carbonyl (C=O) groups is 2. The van der Waals surface area contributed by atoms with Gasteiger partial charge in [-0.3, -0.25) is 10.1 Å². The molecule has 6 nitrogen and oxygen atoms in total. The average Bonchev–Trinajstić information content (AvgIpc) is 2.24. The molecule has 7 heteroatoms. The zero-order chi connectivity index (χ0) is 15.6. The fourth-order valence-electron chi connectivity index (χ4n) is 1.46. The highest BCUT2D eigenvalue weighted by atomic mass is 32.2. The third-order valence-corrected chi connectivity index (χ3v) is 3.33. The van der Waals surface area contributed by atoms with Crippen molar-refractivity contribution in [2.24, 2.45) is 0 Å². The molecular formula is C13H17NO5S. The topological polar surface area (TPSA) is 89.5 Å². The predicted octanol–water partition coefficient (Wildman–Crippen LogP) is 2.25. The molecule has 110 valence electrons. The standard InChI is InChI=1S/C13H17NO5S/c1-13(2,3)19-12(16)14-10-7-9(8-15)5-6-11(10)20(4,17)18/h5-8H,1-4H3,(H,14,16). The summed E-state index contributed by atoms with van der Waals surface area (Å²) in [7, 11) is -3.53. The number of nitrogens with one attached hydrogen (secondary N) is 1. The van der Waals surface area contributed by atoms with E-state index >= 15 is 0 Å². The highest BCUT2D eigenvalue weighted by Crippen LogP contribution is 2.23. The normalized spacial score (nSPS) is 11.8. The van der Waals surface area contributed by atoms with Crippen LogP contribution in [0.25, 0.3) is 0 Å². The number of carbonyl (C=O) groups excluding carboxylic acids is 2. The maximum atomic E-state index is 11.7. The average molecular weight is 299 g/mol. The van der Waals surface area contributed by atoms with E-state index in [-0.39, 0.29) is 16.1 Å². The molecule has 0 aliphatic carbocycles. The second-order valence-electron chi connectivity index (χ2n) is 5.27. The van der Waals surface area contributed by atoms with Crippen LogP contribution in [0.1, 0.15) is 31.1 Å². The van der Waals surface area contributed by atoms with Gasteiger partial charge in [-0.05, 0) is 32.9 Å².